The van der Waals surface area contributed by atoms with Crippen molar-refractivity contribution < 1.29 is 9.13 Å². The van der Waals surface area contributed by atoms with E-state index in [1.807, 2.05) is 0 Å². The lowest BCUT2D eigenvalue weighted by Gasteiger charge is -2.16. The molecule has 0 saturated carbocycles. The van der Waals surface area contributed by atoms with Gasteiger partial charge >= 0.3 is 0 Å². The Hall–Kier alpha value is -0.800. The highest BCUT2D eigenvalue weighted by atomic mass is 79.9. The summed E-state index contributed by atoms with van der Waals surface area (Å²) in [6.07, 6.45) is 3.08. The molecule has 0 amide bonds. The van der Waals surface area contributed by atoms with E-state index in [2.05, 4.69) is 15.9 Å². The second-order valence-corrected chi connectivity index (χ2v) is 5.11. The van der Waals surface area contributed by atoms with Gasteiger partial charge in [0.15, 0.2) is 0 Å². The van der Waals surface area contributed by atoms with E-state index in [1.165, 1.54) is 0 Å². The molecule has 1 aliphatic rings. The van der Waals surface area contributed by atoms with Crippen molar-refractivity contribution in [2.45, 2.75) is 12.8 Å². The first-order valence-electron chi connectivity index (χ1n) is 5.22. The van der Waals surface area contributed by atoms with Crippen LogP contribution < -0.4 is 4.74 Å². The molecule has 0 N–H and O–H groups in total. The minimum Gasteiger partial charge on any atom is -0.496 e. The van der Waals surface area contributed by atoms with Crippen LogP contribution in [0, 0.1) is 0 Å². The first-order valence-corrected chi connectivity index (χ1v) is 6.39. The summed E-state index contributed by atoms with van der Waals surface area (Å²) < 4.78 is 20.0. The van der Waals surface area contributed by atoms with Crippen molar-refractivity contribution in [2.75, 3.05) is 7.11 Å². The van der Waals surface area contributed by atoms with Crippen molar-refractivity contribution in [1.29, 1.82) is 0 Å². The van der Waals surface area contributed by atoms with Gasteiger partial charge in [0.2, 0.25) is 0 Å². The molecular weight excluding hydrogens is 306 g/mol. The van der Waals surface area contributed by atoms with Gasteiger partial charge < -0.3 is 4.74 Å². The van der Waals surface area contributed by atoms with Crippen molar-refractivity contribution in [3.63, 3.8) is 0 Å². The molecule has 0 bridgehead atoms. The zero-order valence-corrected chi connectivity index (χ0v) is 11.6. The van der Waals surface area contributed by atoms with Crippen LogP contribution in [0.1, 0.15) is 18.4 Å². The average Bonchev–Trinajstić information content (AvgIpc) is 2.29. The zero-order chi connectivity index (χ0) is 12.4. The van der Waals surface area contributed by atoms with Crippen molar-refractivity contribution in [3.05, 3.63) is 45.2 Å². The van der Waals surface area contributed by atoms with E-state index in [4.69, 9.17) is 16.3 Å². The Morgan fingerprint density at radius 3 is 2.82 bits per heavy atom. The highest BCUT2D eigenvalue weighted by Crippen LogP contribution is 2.41. The Bertz CT molecular complexity index is 508. The SMILES string of the molecule is COc1ccc(Cl)cc1C1=C(Br)CCC=C1F. The molecule has 0 atom stereocenters. The summed E-state index contributed by atoms with van der Waals surface area (Å²) in [6, 6.07) is 5.19. The Balaban J connectivity index is 2.60. The average molecular weight is 318 g/mol. The number of hydrogen-bond acceptors (Lipinski definition) is 1. The highest BCUT2D eigenvalue weighted by Gasteiger charge is 2.19. The second-order valence-electron chi connectivity index (χ2n) is 3.72. The first-order chi connectivity index (χ1) is 8.13. The van der Waals surface area contributed by atoms with Gasteiger partial charge in [-0.2, -0.15) is 0 Å². The highest BCUT2D eigenvalue weighted by molar-refractivity contribution is 9.11. The van der Waals surface area contributed by atoms with Gasteiger partial charge in [-0.1, -0.05) is 27.5 Å². The summed E-state index contributed by atoms with van der Waals surface area (Å²) in [7, 11) is 1.56. The zero-order valence-electron chi connectivity index (χ0n) is 9.27. The van der Waals surface area contributed by atoms with Crippen LogP contribution in [-0.4, -0.2) is 7.11 Å². The third-order valence-corrected chi connectivity index (χ3v) is 3.66. The lowest BCUT2D eigenvalue weighted by molar-refractivity contribution is 0.413. The largest absolute Gasteiger partial charge is 0.496 e. The van der Waals surface area contributed by atoms with Gasteiger partial charge in [0.1, 0.15) is 11.6 Å². The number of allylic oxidation sites excluding steroid dienone is 4. The molecule has 0 saturated heterocycles. The molecule has 1 aliphatic carbocycles. The number of rotatable bonds is 2. The van der Waals surface area contributed by atoms with E-state index in [1.54, 1.807) is 31.4 Å². The van der Waals surface area contributed by atoms with Crippen LogP contribution in [0.25, 0.3) is 5.57 Å². The molecule has 1 nitrogen and oxygen atoms in total. The number of benzene rings is 1. The minimum absolute atomic E-state index is 0.233. The fourth-order valence-corrected chi connectivity index (χ4v) is 2.64. The molecule has 0 unspecified atom stereocenters. The van der Waals surface area contributed by atoms with Crippen LogP contribution in [0.3, 0.4) is 0 Å². The summed E-state index contributed by atoms with van der Waals surface area (Å²) in [5, 5.41) is 0.562. The molecule has 0 spiro atoms. The lowest BCUT2D eigenvalue weighted by atomic mass is 9.97. The molecule has 0 aliphatic heterocycles. The molecular formula is C13H11BrClFO. The van der Waals surface area contributed by atoms with E-state index >= 15 is 0 Å². The van der Waals surface area contributed by atoms with Gasteiger partial charge in [-0.15, -0.1) is 0 Å². The van der Waals surface area contributed by atoms with Gasteiger partial charge in [0, 0.05) is 20.6 Å². The van der Waals surface area contributed by atoms with Gasteiger partial charge in [-0.05, 0) is 37.1 Å². The van der Waals surface area contributed by atoms with E-state index in [0.717, 1.165) is 10.9 Å². The summed E-state index contributed by atoms with van der Waals surface area (Å²) in [5.41, 5.74) is 1.22. The quantitative estimate of drug-likeness (QED) is 0.737. The number of hydrogen-bond donors (Lipinski definition) is 0. The third kappa shape index (κ3) is 2.55. The van der Waals surface area contributed by atoms with Crippen LogP contribution in [0.5, 0.6) is 5.75 Å². The van der Waals surface area contributed by atoms with Crippen molar-refractivity contribution >= 4 is 33.1 Å². The summed E-state index contributed by atoms with van der Waals surface area (Å²) >= 11 is 9.37. The van der Waals surface area contributed by atoms with Gasteiger partial charge in [0.25, 0.3) is 0 Å². The minimum atomic E-state index is -0.233. The fraction of sp³-hybridized carbons (Fsp3) is 0.231. The van der Waals surface area contributed by atoms with Gasteiger partial charge in [-0.25, -0.2) is 4.39 Å². The maximum atomic E-state index is 13.9. The Morgan fingerprint density at radius 2 is 2.18 bits per heavy atom. The van der Waals surface area contributed by atoms with Crippen LogP contribution in [-0.2, 0) is 0 Å². The molecule has 0 heterocycles. The van der Waals surface area contributed by atoms with E-state index in [9.17, 15) is 4.39 Å². The van der Waals surface area contributed by atoms with Crippen molar-refractivity contribution in [3.8, 4) is 5.75 Å². The van der Waals surface area contributed by atoms with E-state index in [0.29, 0.717) is 28.3 Å². The van der Waals surface area contributed by atoms with Crippen molar-refractivity contribution in [1.82, 2.24) is 0 Å². The Kier molecular flexibility index (Phi) is 3.89. The molecule has 1 aromatic carbocycles. The van der Waals surface area contributed by atoms with Crippen LogP contribution in [0.4, 0.5) is 4.39 Å². The topological polar surface area (TPSA) is 9.23 Å². The molecule has 90 valence electrons. The number of halogens is 3. The Labute approximate surface area is 113 Å². The predicted octanol–water partition coefficient (Wildman–Crippen LogP) is 5.10. The normalized spacial score (nSPS) is 15.9. The van der Waals surface area contributed by atoms with E-state index in [-0.39, 0.29) is 5.83 Å². The molecule has 1 aromatic rings. The monoisotopic (exact) mass is 316 g/mol. The first kappa shape index (κ1) is 12.7. The third-order valence-electron chi connectivity index (χ3n) is 2.63. The molecule has 4 heteroatoms. The second kappa shape index (κ2) is 5.23. The van der Waals surface area contributed by atoms with Crippen LogP contribution >= 0.6 is 27.5 Å². The van der Waals surface area contributed by atoms with Crippen LogP contribution in [0.2, 0.25) is 5.02 Å². The lowest BCUT2D eigenvalue weighted by Crippen LogP contribution is -1.97. The van der Waals surface area contributed by atoms with Gasteiger partial charge in [0.05, 0.1) is 7.11 Å². The Morgan fingerprint density at radius 1 is 1.41 bits per heavy atom. The molecule has 17 heavy (non-hydrogen) atoms. The van der Waals surface area contributed by atoms with E-state index < -0.39 is 0 Å². The molecule has 0 aromatic heterocycles. The summed E-state index contributed by atoms with van der Waals surface area (Å²) in [4.78, 5) is 0. The van der Waals surface area contributed by atoms with Crippen molar-refractivity contribution in [2.24, 2.45) is 0 Å². The number of ether oxygens (including phenoxy) is 1. The predicted molar refractivity (Wildman–Crippen MR) is 72.3 cm³/mol. The summed E-state index contributed by atoms with van der Waals surface area (Å²) in [5.74, 6) is 0.385. The molecule has 0 radical (unpaired) electrons. The standard InChI is InChI=1S/C13H11BrClFO/c1-17-12-6-5-8(15)7-9(12)13-10(14)3-2-4-11(13)16/h4-7H,2-3H2,1H3. The maximum absolute atomic E-state index is 13.9. The van der Waals surface area contributed by atoms with Gasteiger partial charge in [-0.3, -0.25) is 0 Å². The molecule has 0 fully saturated rings. The maximum Gasteiger partial charge on any atom is 0.128 e. The fourth-order valence-electron chi connectivity index (χ4n) is 1.83. The smallest absolute Gasteiger partial charge is 0.128 e. The number of methoxy groups -OCH3 is 1. The molecule has 2 rings (SSSR count). The summed E-state index contributed by atoms with van der Waals surface area (Å²) in [6.45, 7) is 0. The van der Waals surface area contributed by atoms with Crippen LogP contribution in [0.15, 0.2) is 34.6 Å².